The minimum atomic E-state index is -4.02. The van der Waals surface area contributed by atoms with Crippen LogP contribution in [0.5, 0.6) is 5.75 Å². The Balaban J connectivity index is 2.25. The van der Waals surface area contributed by atoms with Crippen LogP contribution in [0.4, 0.5) is 5.69 Å². The monoisotopic (exact) mass is 424 g/mol. The first-order valence-corrected chi connectivity index (χ1v) is 10.7. The summed E-state index contributed by atoms with van der Waals surface area (Å²) in [6, 6.07) is 9.04. The second-order valence-electron chi connectivity index (χ2n) is 6.82. The summed E-state index contributed by atoms with van der Waals surface area (Å²) in [5.41, 5.74) is 2.60. The number of nitrogens with one attached hydrogen (secondary N) is 2. The number of carbonyl (C=O) groups excluding carboxylic acids is 1. The Bertz CT molecular complexity index is 974. The molecule has 2 N–H and O–H groups in total. The highest BCUT2D eigenvalue weighted by molar-refractivity contribution is 7.89. The van der Waals surface area contributed by atoms with Crippen molar-refractivity contribution in [2.45, 2.75) is 44.6 Å². The largest absolute Gasteiger partial charge is 0.495 e. The fourth-order valence-corrected chi connectivity index (χ4v) is 4.42. The van der Waals surface area contributed by atoms with Gasteiger partial charge in [-0.3, -0.25) is 4.79 Å². The molecule has 0 radical (unpaired) electrons. The third-order valence-electron chi connectivity index (χ3n) is 4.32. The summed E-state index contributed by atoms with van der Waals surface area (Å²) in [5, 5.41) is 3.10. The van der Waals surface area contributed by atoms with Crippen molar-refractivity contribution >= 4 is 33.2 Å². The number of hydrogen-bond acceptors (Lipinski definition) is 4. The zero-order valence-electron chi connectivity index (χ0n) is 16.5. The molecule has 0 unspecified atom stereocenters. The Hall–Kier alpha value is -2.09. The van der Waals surface area contributed by atoms with Crippen LogP contribution < -0.4 is 14.8 Å². The van der Waals surface area contributed by atoms with E-state index in [0.717, 1.165) is 11.1 Å². The van der Waals surface area contributed by atoms with Crippen molar-refractivity contribution in [2.24, 2.45) is 0 Å². The number of carbonyl (C=O) groups is 1. The first kappa shape index (κ1) is 22.2. The molecule has 28 heavy (non-hydrogen) atoms. The number of methoxy groups -OCH3 is 1. The highest BCUT2D eigenvalue weighted by Crippen LogP contribution is 2.29. The Morgan fingerprint density at radius 3 is 2.43 bits per heavy atom. The molecular weight excluding hydrogens is 400 g/mol. The predicted molar refractivity (Wildman–Crippen MR) is 112 cm³/mol. The molecule has 0 aliphatic carbocycles. The van der Waals surface area contributed by atoms with Gasteiger partial charge in [-0.05, 0) is 49.1 Å². The highest BCUT2D eigenvalue weighted by Gasteiger charge is 2.26. The Morgan fingerprint density at radius 2 is 1.82 bits per heavy atom. The van der Waals surface area contributed by atoms with Crippen LogP contribution in [-0.2, 0) is 14.8 Å². The smallest absolute Gasteiger partial charge is 0.245 e. The van der Waals surface area contributed by atoms with Gasteiger partial charge in [0, 0.05) is 10.7 Å². The summed E-state index contributed by atoms with van der Waals surface area (Å²) in [5.74, 6) is -0.107. The van der Waals surface area contributed by atoms with Gasteiger partial charge in [-0.15, -0.1) is 0 Å². The van der Waals surface area contributed by atoms with Gasteiger partial charge < -0.3 is 10.1 Å². The lowest BCUT2D eigenvalue weighted by Gasteiger charge is -2.20. The first-order chi connectivity index (χ1) is 13.1. The number of sulfonamides is 1. The van der Waals surface area contributed by atoms with Crippen LogP contribution >= 0.6 is 11.6 Å². The van der Waals surface area contributed by atoms with Crippen molar-refractivity contribution in [3.63, 3.8) is 0 Å². The van der Waals surface area contributed by atoms with E-state index in [1.165, 1.54) is 32.2 Å². The van der Waals surface area contributed by atoms with Crippen LogP contribution in [0.15, 0.2) is 41.3 Å². The van der Waals surface area contributed by atoms with E-state index in [-0.39, 0.29) is 21.6 Å². The molecule has 0 heterocycles. The van der Waals surface area contributed by atoms with E-state index < -0.39 is 22.0 Å². The van der Waals surface area contributed by atoms with Crippen molar-refractivity contribution in [3.05, 3.63) is 52.5 Å². The molecule has 6 nitrogen and oxygen atoms in total. The summed E-state index contributed by atoms with van der Waals surface area (Å²) in [7, 11) is -2.65. The van der Waals surface area contributed by atoms with Gasteiger partial charge in [-0.25, -0.2) is 8.42 Å². The van der Waals surface area contributed by atoms with Crippen molar-refractivity contribution < 1.29 is 17.9 Å². The number of ether oxygens (including phenoxy) is 1. The van der Waals surface area contributed by atoms with E-state index in [9.17, 15) is 13.2 Å². The van der Waals surface area contributed by atoms with Gasteiger partial charge in [0.15, 0.2) is 0 Å². The standard InChI is InChI=1S/C20H25ClN2O4S/c1-12(2)16-8-6-7-13(3)19(16)22-20(24)14(4)23-28(25,26)18-11-15(21)9-10-17(18)27-5/h6-12,14,23H,1-5H3,(H,22,24)/t14-/m1/s1. The van der Waals surface area contributed by atoms with Gasteiger partial charge in [0.05, 0.1) is 13.2 Å². The number of anilines is 1. The molecule has 8 heteroatoms. The molecule has 2 aromatic rings. The lowest BCUT2D eigenvalue weighted by molar-refractivity contribution is -0.117. The van der Waals surface area contributed by atoms with Gasteiger partial charge in [-0.1, -0.05) is 43.6 Å². The first-order valence-electron chi connectivity index (χ1n) is 8.83. The van der Waals surface area contributed by atoms with Gasteiger partial charge in [0.2, 0.25) is 15.9 Å². The maximum atomic E-state index is 12.7. The van der Waals surface area contributed by atoms with E-state index in [0.29, 0.717) is 5.69 Å². The molecule has 0 saturated carbocycles. The maximum Gasteiger partial charge on any atom is 0.245 e. The second-order valence-corrected chi connectivity index (χ2v) is 8.94. The number of rotatable bonds is 7. The topological polar surface area (TPSA) is 84.5 Å². The zero-order valence-corrected chi connectivity index (χ0v) is 18.1. The molecule has 0 aromatic heterocycles. The fourth-order valence-electron chi connectivity index (χ4n) is 2.78. The van der Waals surface area contributed by atoms with Gasteiger partial charge >= 0.3 is 0 Å². The maximum absolute atomic E-state index is 12.7. The van der Waals surface area contributed by atoms with E-state index in [1.54, 1.807) is 0 Å². The molecule has 0 spiro atoms. The SMILES string of the molecule is COc1ccc(Cl)cc1S(=O)(=O)N[C@H](C)C(=O)Nc1c(C)cccc1C(C)C. The van der Waals surface area contributed by atoms with Gasteiger partial charge in [-0.2, -0.15) is 4.72 Å². The molecule has 0 aliphatic heterocycles. The molecular formula is C20H25ClN2O4S. The summed E-state index contributed by atoms with van der Waals surface area (Å²) in [6.45, 7) is 7.44. The summed E-state index contributed by atoms with van der Waals surface area (Å²) < 4.78 is 33.0. The Kier molecular flexibility index (Phi) is 7.09. The second kappa shape index (κ2) is 8.94. The normalized spacial score (nSPS) is 12.7. The van der Waals surface area contributed by atoms with Crippen molar-refractivity contribution in [1.82, 2.24) is 4.72 Å². The molecule has 2 rings (SSSR count). The van der Waals surface area contributed by atoms with Crippen LogP contribution in [0, 0.1) is 6.92 Å². The number of aryl methyl sites for hydroxylation is 1. The summed E-state index contributed by atoms with van der Waals surface area (Å²) >= 11 is 5.92. The van der Waals surface area contributed by atoms with Crippen LogP contribution in [0.3, 0.4) is 0 Å². The van der Waals surface area contributed by atoms with E-state index in [1.807, 2.05) is 39.0 Å². The Labute approximate surface area is 171 Å². The average Bonchev–Trinajstić information content (AvgIpc) is 2.62. The molecule has 1 amide bonds. The number of hydrogen-bond donors (Lipinski definition) is 2. The molecule has 152 valence electrons. The number of amides is 1. The molecule has 2 aromatic carbocycles. The quantitative estimate of drug-likeness (QED) is 0.701. The third kappa shape index (κ3) is 5.04. The third-order valence-corrected chi connectivity index (χ3v) is 6.11. The molecule has 0 aliphatic rings. The Morgan fingerprint density at radius 1 is 1.14 bits per heavy atom. The van der Waals surface area contributed by atoms with Crippen molar-refractivity contribution in [1.29, 1.82) is 0 Å². The molecule has 0 saturated heterocycles. The average molecular weight is 425 g/mol. The predicted octanol–water partition coefficient (Wildman–Crippen LogP) is 4.09. The number of halogens is 1. The number of para-hydroxylation sites is 1. The molecule has 1 atom stereocenters. The van der Waals surface area contributed by atoms with Crippen LogP contribution in [-0.4, -0.2) is 27.5 Å². The van der Waals surface area contributed by atoms with Gasteiger partial charge in [0.25, 0.3) is 0 Å². The van der Waals surface area contributed by atoms with Crippen LogP contribution in [0.1, 0.15) is 37.8 Å². The van der Waals surface area contributed by atoms with Crippen LogP contribution in [0.25, 0.3) is 0 Å². The van der Waals surface area contributed by atoms with Crippen LogP contribution in [0.2, 0.25) is 5.02 Å². The lowest BCUT2D eigenvalue weighted by atomic mass is 9.98. The zero-order chi connectivity index (χ0) is 21.1. The summed E-state index contributed by atoms with van der Waals surface area (Å²) in [4.78, 5) is 12.6. The highest BCUT2D eigenvalue weighted by atomic mass is 35.5. The van der Waals surface area contributed by atoms with E-state index in [2.05, 4.69) is 10.0 Å². The lowest BCUT2D eigenvalue weighted by Crippen LogP contribution is -2.41. The minimum Gasteiger partial charge on any atom is -0.495 e. The fraction of sp³-hybridized carbons (Fsp3) is 0.350. The molecule has 0 fully saturated rings. The molecule has 0 bridgehead atoms. The van der Waals surface area contributed by atoms with Crippen molar-refractivity contribution in [3.8, 4) is 5.75 Å². The summed E-state index contributed by atoms with van der Waals surface area (Å²) in [6.07, 6.45) is 0. The van der Waals surface area contributed by atoms with E-state index in [4.69, 9.17) is 16.3 Å². The van der Waals surface area contributed by atoms with Crippen molar-refractivity contribution in [2.75, 3.05) is 12.4 Å². The number of benzene rings is 2. The minimum absolute atomic E-state index is 0.124. The van der Waals surface area contributed by atoms with Gasteiger partial charge in [0.1, 0.15) is 10.6 Å². The van der Waals surface area contributed by atoms with E-state index >= 15 is 0 Å².